The molecule has 1 heterocycles. The first-order valence-electron chi connectivity index (χ1n) is 9.37. The minimum Gasteiger partial charge on any atom is -0.405 e. The largest absolute Gasteiger partial charge is 0.573 e. The molecule has 0 aliphatic carbocycles. The van der Waals surface area contributed by atoms with Gasteiger partial charge >= 0.3 is 6.36 Å². The number of amides is 1. The number of halogens is 4. The first-order chi connectivity index (χ1) is 13.2. The fraction of sp³-hybridized carbons (Fsp3) is 0.579. The van der Waals surface area contributed by atoms with Gasteiger partial charge in [-0.3, -0.25) is 4.79 Å². The molecule has 10 heteroatoms. The van der Waals surface area contributed by atoms with Crippen LogP contribution in [0, 0.1) is 5.92 Å². The van der Waals surface area contributed by atoms with Crippen molar-refractivity contribution in [3.8, 4) is 5.75 Å². The van der Waals surface area contributed by atoms with Gasteiger partial charge in [0.1, 0.15) is 5.75 Å². The molecular formula is C19H28F3IN4O2. The average Bonchev–Trinajstić information content (AvgIpc) is 3.07. The zero-order chi connectivity index (χ0) is 20.7. The monoisotopic (exact) mass is 528 g/mol. The van der Waals surface area contributed by atoms with Gasteiger partial charge in [0.05, 0.1) is 6.54 Å². The standard InChI is InChI=1S/C19H27F3N4O2.HI/c1-4-23-18(25-15-9-10-26(12-15)17(27)13(2)3)24-11-14-7-5-6-8-16(14)28-19(20,21)22;/h5-8,13,15H,4,9-12H2,1-3H3,(H2,23,24,25);1H. The first kappa shape index (κ1) is 25.3. The SMILES string of the molecule is CCNC(=NCc1ccccc1OC(F)(F)F)NC1CCN(C(=O)C(C)C)C1.I. The highest BCUT2D eigenvalue weighted by atomic mass is 127. The van der Waals surface area contributed by atoms with Crippen LogP contribution in [0.25, 0.3) is 0 Å². The van der Waals surface area contributed by atoms with Crippen LogP contribution in [0.15, 0.2) is 29.3 Å². The van der Waals surface area contributed by atoms with Gasteiger partial charge in [0.25, 0.3) is 0 Å². The van der Waals surface area contributed by atoms with Crippen molar-refractivity contribution in [2.24, 2.45) is 10.9 Å². The average molecular weight is 528 g/mol. The van der Waals surface area contributed by atoms with Gasteiger partial charge < -0.3 is 20.3 Å². The summed E-state index contributed by atoms with van der Waals surface area (Å²) in [6, 6.07) is 5.98. The Morgan fingerprint density at radius 3 is 2.66 bits per heavy atom. The van der Waals surface area contributed by atoms with Gasteiger partial charge in [0.2, 0.25) is 5.91 Å². The van der Waals surface area contributed by atoms with Crippen LogP contribution in [0.2, 0.25) is 0 Å². The number of rotatable bonds is 6. The van der Waals surface area contributed by atoms with E-state index >= 15 is 0 Å². The Labute approximate surface area is 186 Å². The third-order valence-corrected chi connectivity index (χ3v) is 4.28. The summed E-state index contributed by atoms with van der Waals surface area (Å²) in [6.45, 7) is 7.54. The molecule has 2 rings (SSSR count). The Kier molecular flexibility index (Phi) is 10.0. The Balaban J connectivity index is 0.00000420. The van der Waals surface area contributed by atoms with Gasteiger partial charge in [0.15, 0.2) is 5.96 Å². The predicted molar refractivity (Wildman–Crippen MR) is 116 cm³/mol. The lowest BCUT2D eigenvalue weighted by molar-refractivity contribution is -0.274. The number of carbonyl (C=O) groups is 1. The van der Waals surface area contributed by atoms with Crippen LogP contribution in [0.4, 0.5) is 13.2 Å². The highest BCUT2D eigenvalue weighted by Crippen LogP contribution is 2.26. The molecule has 1 fully saturated rings. The summed E-state index contributed by atoms with van der Waals surface area (Å²) in [6.07, 6.45) is -3.96. The molecule has 1 aromatic carbocycles. The summed E-state index contributed by atoms with van der Waals surface area (Å²) < 4.78 is 41.7. The topological polar surface area (TPSA) is 66.0 Å². The van der Waals surface area contributed by atoms with E-state index in [9.17, 15) is 18.0 Å². The lowest BCUT2D eigenvalue weighted by atomic mass is 10.2. The smallest absolute Gasteiger partial charge is 0.405 e. The van der Waals surface area contributed by atoms with Crippen molar-refractivity contribution < 1.29 is 22.7 Å². The van der Waals surface area contributed by atoms with Gasteiger partial charge in [-0.25, -0.2) is 4.99 Å². The number of guanidine groups is 1. The van der Waals surface area contributed by atoms with Crippen LogP contribution in [-0.4, -0.2) is 48.8 Å². The van der Waals surface area contributed by atoms with Crippen LogP contribution in [-0.2, 0) is 11.3 Å². The number of para-hydroxylation sites is 1. The van der Waals surface area contributed by atoms with E-state index in [1.54, 1.807) is 12.1 Å². The lowest BCUT2D eigenvalue weighted by Crippen LogP contribution is -2.45. The van der Waals surface area contributed by atoms with Crippen molar-refractivity contribution in [1.82, 2.24) is 15.5 Å². The minimum atomic E-state index is -4.75. The van der Waals surface area contributed by atoms with E-state index in [-0.39, 0.29) is 54.1 Å². The molecule has 1 unspecified atom stereocenters. The molecule has 1 atom stereocenters. The first-order valence-corrected chi connectivity index (χ1v) is 9.37. The molecule has 1 aromatic rings. The Morgan fingerprint density at radius 1 is 1.34 bits per heavy atom. The second-order valence-electron chi connectivity index (χ2n) is 6.92. The van der Waals surface area contributed by atoms with Crippen LogP contribution in [0.5, 0.6) is 5.75 Å². The number of hydrogen-bond acceptors (Lipinski definition) is 3. The van der Waals surface area contributed by atoms with E-state index in [2.05, 4.69) is 20.4 Å². The number of hydrogen-bond donors (Lipinski definition) is 2. The quantitative estimate of drug-likeness (QED) is 0.337. The number of likely N-dealkylation sites (tertiary alicyclic amines) is 1. The molecule has 0 aromatic heterocycles. The molecule has 0 spiro atoms. The molecule has 1 aliphatic rings. The number of ether oxygens (including phenoxy) is 1. The summed E-state index contributed by atoms with van der Waals surface area (Å²) in [5.74, 6) is 0.299. The number of nitrogens with zero attached hydrogens (tertiary/aromatic N) is 2. The number of carbonyl (C=O) groups excluding carboxylic acids is 1. The Bertz CT molecular complexity index is 698. The second kappa shape index (κ2) is 11.5. The van der Waals surface area contributed by atoms with Gasteiger partial charge in [-0.15, -0.1) is 37.1 Å². The fourth-order valence-corrected chi connectivity index (χ4v) is 2.98. The van der Waals surface area contributed by atoms with E-state index in [1.165, 1.54) is 12.1 Å². The zero-order valence-electron chi connectivity index (χ0n) is 16.8. The van der Waals surface area contributed by atoms with Gasteiger partial charge in [-0.05, 0) is 19.4 Å². The number of benzene rings is 1. The van der Waals surface area contributed by atoms with Crippen molar-refractivity contribution in [3.63, 3.8) is 0 Å². The molecule has 1 saturated heterocycles. The maximum absolute atomic E-state index is 12.6. The normalized spacial score (nSPS) is 17.1. The summed E-state index contributed by atoms with van der Waals surface area (Å²) in [7, 11) is 0. The maximum atomic E-state index is 12.6. The molecule has 2 N–H and O–H groups in total. The molecule has 1 amide bonds. The molecule has 164 valence electrons. The van der Waals surface area contributed by atoms with Crippen LogP contribution < -0.4 is 15.4 Å². The van der Waals surface area contributed by atoms with Crippen molar-refractivity contribution in [3.05, 3.63) is 29.8 Å². The summed E-state index contributed by atoms with van der Waals surface area (Å²) in [5, 5.41) is 6.35. The van der Waals surface area contributed by atoms with E-state index in [4.69, 9.17) is 0 Å². The van der Waals surface area contributed by atoms with E-state index in [1.807, 2.05) is 25.7 Å². The summed E-state index contributed by atoms with van der Waals surface area (Å²) in [5.41, 5.74) is 0.333. The van der Waals surface area contributed by atoms with Gasteiger partial charge in [0, 0.05) is 37.2 Å². The van der Waals surface area contributed by atoms with Gasteiger partial charge in [-0.2, -0.15) is 0 Å². The predicted octanol–water partition coefficient (Wildman–Crippen LogP) is 3.52. The highest BCUT2D eigenvalue weighted by Gasteiger charge is 2.32. The van der Waals surface area contributed by atoms with Crippen molar-refractivity contribution in [1.29, 1.82) is 0 Å². The van der Waals surface area contributed by atoms with E-state index < -0.39 is 6.36 Å². The van der Waals surface area contributed by atoms with Crippen LogP contribution in [0.3, 0.4) is 0 Å². The van der Waals surface area contributed by atoms with Crippen LogP contribution >= 0.6 is 24.0 Å². The van der Waals surface area contributed by atoms with E-state index in [0.29, 0.717) is 31.2 Å². The molecule has 0 bridgehead atoms. The van der Waals surface area contributed by atoms with E-state index in [0.717, 1.165) is 6.42 Å². The Morgan fingerprint density at radius 2 is 2.03 bits per heavy atom. The summed E-state index contributed by atoms with van der Waals surface area (Å²) in [4.78, 5) is 18.3. The molecule has 1 aliphatic heterocycles. The molecule has 0 radical (unpaired) electrons. The van der Waals surface area contributed by atoms with Crippen molar-refractivity contribution in [2.45, 2.75) is 46.1 Å². The number of nitrogens with one attached hydrogen (secondary N) is 2. The molecule has 6 nitrogen and oxygen atoms in total. The number of aliphatic imine (C=N–C) groups is 1. The fourth-order valence-electron chi connectivity index (χ4n) is 2.98. The zero-order valence-corrected chi connectivity index (χ0v) is 19.1. The third-order valence-electron chi connectivity index (χ3n) is 4.28. The van der Waals surface area contributed by atoms with Crippen molar-refractivity contribution in [2.75, 3.05) is 19.6 Å². The van der Waals surface area contributed by atoms with Crippen molar-refractivity contribution >= 4 is 35.8 Å². The highest BCUT2D eigenvalue weighted by molar-refractivity contribution is 14.0. The molecule has 29 heavy (non-hydrogen) atoms. The third kappa shape index (κ3) is 8.27. The second-order valence-corrected chi connectivity index (χ2v) is 6.92. The van der Waals surface area contributed by atoms with Gasteiger partial charge in [-0.1, -0.05) is 32.0 Å². The summed E-state index contributed by atoms with van der Waals surface area (Å²) >= 11 is 0. The molecule has 0 saturated carbocycles. The van der Waals surface area contributed by atoms with Crippen LogP contribution in [0.1, 0.15) is 32.8 Å². The lowest BCUT2D eigenvalue weighted by Gasteiger charge is -2.20. The maximum Gasteiger partial charge on any atom is 0.573 e. The molecular weight excluding hydrogens is 500 g/mol. The number of alkyl halides is 3. The Hall–Kier alpha value is -1.72. The minimum absolute atomic E-state index is 0.